The van der Waals surface area contributed by atoms with Crippen LogP contribution in [0.1, 0.15) is 48.3 Å². The molecular weight excluding hydrogens is 288 g/mol. The van der Waals surface area contributed by atoms with Gasteiger partial charge in [0.15, 0.2) is 0 Å². The smallest absolute Gasteiger partial charge is 0.262 e. The lowest BCUT2D eigenvalue weighted by Gasteiger charge is -2.15. The van der Waals surface area contributed by atoms with Crippen molar-refractivity contribution in [1.82, 2.24) is 9.97 Å². The monoisotopic (exact) mass is 310 g/mol. The lowest BCUT2D eigenvalue weighted by atomic mass is 10.1. The van der Waals surface area contributed by atoms with E-state index in [0.29, 0.717) is 18.1 Å². The van der Waals surface area contributed by atoms with E-state index in [-0.39, 0.29) is 5.91 Å². The standard InChI is InChI=1S/C18H22N4O/c1-3-5-6-13-7-9-14(10-8-13)22-12-16-15(17(22)23)11-20-18(21-16)19-4-2/h7-11H,3-6,12H2,1-2H3,(H,19,20,21). The highest BCUT2D eigenvalue weighted by Crippen LogP contribution is 2.27. The number of hydrogen-bond donors (Lipinski definition) is 1. The highest BCUT2D eigenvalue weighted by atomic mass is 16.2. The van der Waals surface area contributed by atoms with E-state index in [2.05, 4.69) is 34.3 Å². The van der Waals surface area contributed by atoms with Crippen molar-refractivity contribution in [3.63, 3.8) is 0 Å². The molecule has 1 aliphatic heterocycles. The number of benzene rings is 1. The summed E-state index contributed by atoms with van der Waals surface area (Å²) in [6.45, 7) is 5.45. The number of nitrogens with one attached hydrogen (secondary N) is 1. The summed E-state index contributed by atoms with van der Waals surface area (Å²) >= 11 is 0. The summed E-state index contributed by atoms with van der Waals surface area (Å²) in [5.41, 5.74) is 3.62. The van der Waals surface area contributed by atoms with E-state index in [1.54, 1.807) is 11.1 Å². The van der Waals surface area contributed by atoms with Crippen LogP contribution in [0.25, 0.3) is 0 Å². The number of aryl methyl sites for hydroxylation is 1. The molecule has 0 spiro atoms. The van der Waals surface area contributed by atoms with Crippen LogP contribution in [-0.4, -0.2) is 22.4 Å². The summed E-state index contributed by atoms with van der Waals surface area (Å²) in [4.78, 5) is 23.0. The van der Waals surface area contributed by atoms with Gasteiger partial charge in [0.25, 0.3) is 5.91 Å². The number of nitrogens with zero attached hydrogens (tertiary/aromatic N) is 3. The topological polar surface area (TPSA) is 58.1 Å². The quantitative estimate of drug-likeness (QED) is 0.888. The van der Waals surface area contributed by atoms with E-state index in [1.807, 2.05) is 19.1 Å². The van der Waals surface area contributed by atoms with Gasteiger partial charge in [-0.3, -0.25) is 4.79 Å². The van der Waals surface area contributed by atoms with E-state index < -0.39 is 0 Å². The van der Waals surface area contributed by atoms with E-state index in [4.69, 9.17) is 0 Å². The molecule has 1 N–H and O–H groups in total. The molecule has 0 saturated carbocycles. The van der Waals surface area contributed by atoms with Crippen molar-refractivity contribution in [2.24, 2.45) is 0 Å². The zero-order chi connectivity index (χ0) is 16.2. The second-order valence-electron chi connectivity index (χ2n) is 5.75. The van der Waals surface area contributed by atoms with Crippen molar-refractivity contribution in [2.45, 2.75) is 39.7 Å². The second-order valence-corrected chi connectivity index (χ2v) is 5.75. The number of rotatable bonds is 6. The Labute approximate surface area is 136 Å². The van der Waals surface area contributed by atoms with Crippen LogP contribution in [0, 0.1) is 0 Å². The van der Waals surface area contributed by atoms with Crippen LogP contribution in [0.5, 0.6) is 0 Å². The fraction of sp³-hybridized carbons (Fsp3) is 0.389. The third kappa shape index (κ3) is 3.18. The van der Waals surface area contributed by atoms with E-state index in [9.17, 15) is 4.79 Å². The number of fused-ring (bicyclic) bond motifs is 1. The Hall–Kier alpha value is -2.43. The number of anilines is 2. The van der Waals surface area contributed by atoms with Gasteiger partial charge in [0.1, 0.15) is 0 Å². The fourth-order valence-corrected chi connectivity index (χ4v) is 2.76. The molecule has 5 heteroatoms. The Kier molecular flexibility index (Phi) is 4.55. The van der Waals surface area contributed by atoms with Gasteiger partial charge in [-0.25, -0.2) is 9.97 Å². The molecule has 1 aromatic carbocycles. The number of carbonyl (C=O) groups excluding carboxylic acids is 1. The lowest BCUT2D eigenvalue weighted by Crippen LogP contribution is -2.22. The van der Waals surface area contributed by atoms with Crippen LogP contribution in [0.3, 0.4) is 0 Å². The largest absolute Gasteiger partial charge is 0.354 e. The van der Waals surface area contributed by atoms with Gasteiger partial charge in [0.05, 0.1) is 17.8 Å². The van der Waals surface area contributed by atoms with Gasteiger partial charge in [-0.05, 0) is 37.5 Å². The molecule has 0 atom stereocenters. The average Bonchev–Trinajstić information content (AvgIpc) is 2.90. The van der Waals surface area contributed by atoms with Crippen molar-refractivity contribution < 1.29 is 4.79 Å². The molecular formula is C18H22N4O. The van der Waals surface area contributed by atoms with Crippen molar-refractivity contribution in [3.8, 4) is 0 Å². The van der Waals surface area contributed by atoms with Crippen LogP contribution >= 0.6 is 0 Å². The van der Waals surface area contributed by atoms with E-state index >= 15 is 0 Å². The molecule has 0 aliphatic carbocycles. The number of unbranched alkanes of at least 4 members (excludes halogenated alkanes) is 1. The maximum absolute atomic E-state index is 12.5. The molecule has 23 heavy (non-hydrogen) atoms. The van der Waals surface area contributed by atoms with Gasteiger partial charge in [0, 0.05) is 18.4 Å². The summed E-state index contributed by atoms with van der Waals surface area (Å²) in [5.74, 6) is 0.556. The van der Waals surface area contributed by atoms with E-state index in [1.165, 1.54) is 18.4 Å². The van der Waals surface area contributed by atoms with E-state index in [0.717, 1.165) is 24.3 Å². The van der Waals surface area contributed by atoms with Gasteiger partial charge < -0.3 is 10.2 Å². The SMILES string of the molecule is CCCCc1ccc(N2Cc3nc(NCC)ncc3C2=O)cc1. The first-order valence-electron chi connectivity index (χ1n) is 8.23. The molecule has 3 rings (SSSR count). The molecule has 0 bridgehead atoms. The Bertz CT molecular complexity index is 697. The Morgan fingerprint density at radius 1 is 1.22 bits per heavy atom. The number of carbonyl (C=O) groups is 1. The molecule has 0 radical (unpaired) electrons. The maximum atomic E-state index is 12.5. The van der Waals surface area contributed by atoms with Gasteiger partial charge in [0.2, 0.25) is 5.95 Å². The molecule has 1 aliphatic rings. The molecule has 0 saturated heterocycles. The molecule has 5 nitrogen and oxygen atoms in total. The predicted octanol–water partition coefficient (Wildman–Crippen LogP) is 3.41. The highest BCUT2D eigenvalue weighted by molar-refractivity contribution is 6.09. The predicted molar refractivity (Wildman–Crippen MR) is 91.8 cm³/mol. The third-order valence-electron chi connectivity index (χ3n) is 4.05. The average molecular weight is 310 g/mol. The minimum atomic E-state index is -0.0237. The summed E-state index contributed by atoms with van der Waals surface area (Å²) in [5, 5.41) is 3.08. The van der Waals surface area contributed by atoms with Crippen molar-refractivity contribution in [2.75, 3.05) is 16.8 Å². The van der Waals surface area contributed by atoms with Crippen LogP contribution in [0.4, 0.5) is 11.6 Å². The normalized spacial score (nSPS) is 13.3. The minimum Gasteiger partial charge on any atom is -0.354 e. The number of aromatic nitrogens is 2. The summed E-state index contributed by atoms with van der Waals surface area (Å²) in [7, 11) is 0. The van der Waals surface area contributed by atoms with Crippen LogP contribution in [-0.2, 0) is 13.0 Å². The molecule has 2 aromatic rings. The van der Waals surface area contributed by atoms with Crippen LogP contribution in [0.2, 0.25) is 0 Å². The minimum absolute atomic E-state index is 0.0237. The van der Waals surface area contributed by atoms with Crippen LogP contribution < -0.4 is 10.2 Å². The summed E-state index contributed by atoms with van der Waals surface area (Å²) < 4.78 is 0. The van der Waals surface area contributed by atoms with Crippen LogP contribution in [0.15, 0.2) is 30.5 Å². The van der Waals surface area contributed by atoms with Crippen molar-refractivity contribution >= 4 is 17.5 Å². The van der Waals surface area contributed by atoms with Gasteiger partial charge in [-0.2, -0.15) is 0 Å². The van der Waals surface area contributed by atoms with Gasteiger partial charge in [-0.15, -0.1) is 0 Å². The Morgan fingerprint density at radius 3 is 2.70 bits per heavy atom. The van der Waals surface area contributed by atoms with Gasteiger partial charge in [-0.1, -0.05) is 25.5 Å². The second kappa shape index (κ2) is 6.77. The Morgan fingerprint density at radius 2 is 2.00 bits per heavy atom. The number of amides is 1. The zero-order valence-electron chi connectivity index (χ0n) is 13.7. The molecule has 120 valence electrons. The van der Waals surface area contributed by atoms with Crippen molar-refractivity contribution in [3.05, 3.63) is 47.3 Å². The Balaban J connectivity index is 1.78. The number of hydrogen-bond acceptors (Lipinski definition) is 4. The summed E-state index contributed by atoms with van der Waals surface area (Å²) in [6, 6.07) is 8.26. The first-order chi connectivity index (χ1) is 11.2. The fourth-order valence-electron chi connectivity index (χ4n) is 2.76. The van der Waals surface area contributed by atoms with Gasteiger partial charge >= 0.3 is 0 Å². The molecule has 2 heterocycles. The van der Waals surface area contributed by atoms with Crippen molar-refractivity contribution in [1.29, 1.82) is 0 Å². The zero-order valence-corrected chi connectivity index (χ0v) is 13.7. The first-order valence-corrected chi connectivity index (χ1v) is 8.23. The lowest BCUT2D eigenvalue weighted by molar-refractivity contribution is 0.0996. The molecule has 1 amide bonds. The highest BCUT2D eigenvalue weighted by Gasteiger charge is 2.30. The molecule has 0 unspecified atom stereocenters. The summed E-state index contributed by atoms with van der Waals surface area (Å²) in [6.07, 6.45) is 5.09. The first kappa shape index (κ1) is 15.5. The molecule has 1 aromatic heterocycles. The molecule has 0 fully saturated rings. The maximum Gasteiger partial charge on any atom is 0.262 e. The third-order valence-corrected chi connectivity index (χ3v) is 4.05.